The minimum absolute atomic E-state index is 0.285. The molecule has 0 saturated carbocycles. The van der Waals surface area contributed by atoms with Gasteiger partial charge in [0.1, 0.15) is 11.9 Å². The second-order valence-electron chi connectivity index (χ2n) is 7.01. The van der Waals surface area contributed by atoms with Crippen LogP contribution in [0.15, 0.2) is 35.3 Å². The molecule has 2 fully saturated rings. The van der Waals surface area contributed by atoms with E-state index in [-0.39, 0.29) is 12.0 Å². The van der Waals surface area contributed by atoms with Crippen LogP contribution in [0.4, 0.5) is 0 Å². The van der Waals surface area contributed by atoms with Crippen molar-refractivity contribution in [3.8, 4) is 0 Å². The highest BCUT2D eigenvalue weighted by atomic mass is 16.7. The number of fused-ring (bicyclic) bond motifs is 1. The Bertz CT molecular complexity index is 661. The lowest BCUT2D eigenvalue weighted by atomic mass is 9.86. The van der Waals surface area contributed by atoms with Crippen LogP contribution in [-0.2, 0) is 19.0 Å². The molecule has 0 aliphatic carbocycles. The van der Waals surface area contributed by atoms with Crippen molar-refractivity contribution in [3.63, 3.8) is 0 Å². The van der Waals surface area contributed by atoms with Crippen molar-refractivity contribution in [2.75, 3.05) is 20.7 Å². The largest absolute Gasteiger partial charge is 0.389 e. The summed E-state index contributed by atoms with van der Waals surface area (Å²) < 4.78 is 17.6. The molecule has 7 nitrogen and oxygen atoms in total. The fraction of sp³-hybridized carbons (Fsp3) is 0.579. The number of aliphatic hydroxyl groups is 1. The van der Waals surface area contributed by atoms with Gasteiger partial charge in [-0.3, -0.25) is 4.79 Å². The first-order valence-electron chi connectivity index (χ1n) is 8.80. The van der Waals surface area contributed by atoms with Crippen LogP contribution in [0.5, 0.6) is 0 Å². The number of carbonyl (C=O) groups excluding carboxylic acids is 1. The number of carbonyl (C=O) groups is 1. The third-order valence-corrected chi connectivity index (χ3v) is 4.98. The summed E-state index contributed by atoms with van der Waals surface area (Å²) in [6.07, 6.45) is -3.28. The van der Waals surface area contributed by atoms with E-state index < -0.39 is 30.5 Å². The molecule has 26 heavy (non-hydrogen) atoms. The van der Waals surface area contributed by atoms with Crippen LogP contribution in [0, 0.1) is 5.92 Å². The molecular weight excluding hydrogens is 336 g/mol. The highest BCUT2D eigenvalue weighted by Gasteiger charge is 2.49. The van der Waals surface area contributed by atoms with E-state index in [4.69, 9.17) is 14.2 Å². The maximum atomic E-state index is 12.4. The molecule has 2 aliphatic rings. The van der Waals surface area contributed by atoms with Gasteiger partial charge in [0.15, 0.2) is 12.4 Å². The zero-order valence-corrected chi connectivity index (χ0v) is 15.5. The molecule has 0 aromatic heterocycles. The van der Waals surface area contributed by atoms with Gasteiger partial charge in [0, 0.05) is 25.6 Å². The summed E-state index contributed by atoms with van der Waals surface area (Å²) >= 11 is 0. The monoisotopic (exact) mass is 362 g/mol. The highest BCUT2D eigenvalue weighted by molar-refractivity contribution is 5.95. The number of amides is 1. The summed E-state index contributed by atoms with van der Waals surface area (Å²) in [5.41, 5.74) is 0.914. The van der Waals surface area contributed by atoms with Crippen molar-refractivity contribution in [1.82, 2.24) is 4.90 Å². The smallest absolute Gasteiger partial charge is 0.279 e. The van der Waals surface area contributed by atoms with Crippen LogP contribution < -0.4 is 0 Å². The van der Waals surface area contributed by atoms with Crippen molar-refractivity contribution in [3.05, 3.63) is 35.9 Å². The van der Waals surface area contributed by atoms with Crippen LogP contribution in [0.2, 0.25) is 0 Å². The number of aliphatic imine (C=N–C) groups is 1. The summed E-state index contributed by atoms with van der Waals surface area (Å²) in [6, 6.07) is 9.63. The van der Waals surface area contributed by atoms with Crippen LogP contribution in [0.1, 0.15) is 25.7 Å². The predicted molar refractivity (Wildman–Crippen MR) is 95.6 cm³/mol. The molecule has 2 heterocycles. The normalized spacial score (nSPS) is 34.9. The zero-order valence-electron chi connectivity index (χ0n) is 15.5. The van der Waals surface area contributed by atoms with Crippen molar-refractivity contribution >= 4 is 11.7 Å². The van der Waals surface area contributed by atoms with Gasteiger partial charge >= 0.3 is 0 Å². The fourth-order valence-electron chi connectivity index (χ4n) is 3.18. The highest BCUT2D eigenvalue weighted by Crippen LogP contribution is 2.37. The van der Waals surface area contributed by atoms with Gasteiger partial charge in [0.05, 0.1) is 18.8 Å². The molecule has 2 saturated heterocycles. The number of benzene rings is 1. The lowest BCUT2D eigenvalue weighted by Crippen LogP contribution is -2.59. The van der Waals surface area contributed by atoms with Crippen molar-refractivity contribution < 1.29 is 24.1 Å². The first kappa shape index (κ1) is 19.0. The minimum Gasteiger partial charge on any atom is -0.389 e. The second kappa shape index (κ2) is 7.84. The Kier molecular flexibility index (Phi) is 5.72. The average Bonchev–Trinajstić information content (AvgIpc) is 2.64. The summed E-state index contributed by atoms with van der Waals surface area (Å²) in [4.78, 5) is 18.2. The predicted octanol–water partition coefficient (Wildman–Crippen LogP) is 1.37. The van der Waals surface area contributed by atoms with E-state index in [9.17, 15) is 9.90 Å². The molecule has 2 aliphatic heterocycles. The van der Waals surface area contributed by atoms with Gasteiger partial charge in [-0.2, -0.15) is 4.99 Å². The fourth-order valence-corrected chi connectivity index (χ4v) is 3.18. The molecule has 6 atom stereocenters. The van der Waals surface area contributed by atoms with E-state index in [0.717, 1.165) is 5.56 Å². The Labute approximate surface area is 153 Å². The van der Waals surface area contributed by atoms with Gasteiger partial charge in [-0.15, -0.1) is 0 Å². The molecule has 7 heteroatoms. The van der Waals surface area contributed by atoms with E-state index in [1.54, 1.807) is 25.9 Å². The molecule has 1 N–H and O–H groups in total. The summed E-state index contributed by atoms with van der Waals surface area (Å²) in [6.45, 7) is 3.89. The third kappa shape index (κ3) is 3.81. The van der Waals surface area contributed by atoms with Gasteiger partial charge in [-0.05, 0) is 6.92 Å². The first-order valence-corrected chi connectivity index (χ1v) is 8.80. The van der Waals surface area contributed by atoms with Crippen molar-refractivity contribution in [2.45, 2.75) is 44.6 Å². The van der Waals surface area contributed by atoms with E-state index in [1.807, 2.05) is 37.3 Å². The van der Waals surface area contributed by atoms with E-state index in [1.165, 1.54) is 0 Å². The molecule has 1 aromatic rings. The third-order valence-electron chi connectivity index (χ3n) is 4.98. The number of aliphatic hydroxyl groups excluding tert-OH is 1. The maximum Gasteiger partial charge on any atom is 0.279 e. The average molecular weight is 362 g/mol. The molecular formula is C19H26N2O5. The standard InChI is InChI=1S/C19H26N2O5/c1-11-15(22)17(18(23)20-12(2)21(3)4)25-14-10-24-19(26-16(11)14)13-8-6-5-7-9-13/h5-9,11,14-17,19,22H,10H2,1-4H3/b20-12-/t11?,14?,15?,16-,17-,19?/m1/s1. The topological polar surface area (TPSA) is 80.6 Å². The maximum absolute atomic E-state index is 12.4. The summed E-state index contributed by atoms with van der Waals surface area (Å²) in [5, 5.41) is 10.6. The lowest BCUT2D eigenvalue weighted by Gasteiger charge is -2.46. The number of hydrogen-bond donors (Lipinski definition) is 1. The molecule has 0 bridgehead atoms. The minimum atomic E-state index is -1.01. The Morgan fingerprint density at radius 3 is 2.58 bits per heavy atom. The van der Waals surface area contributed by atoms with Crippen molar-refractivity contribution in [2.24, 2.45) is 10.9 Å². The number of rotatable bonds is 2. The molecule has 0 radical (unpaired) electrons. The zero-order chi connectivity index (χ0) is 18.8. The number of hydrogen-bond acceptors (Lipinski definition) is 5. The van der Waals surface area contributed by atoms with E-state index in [0.29, 0.717) is 12.4 Å². The Morgan fingerprint density at radius 1 is 1.23 bits per heavy atom. The van der Waals surface area contributed by atoms with E-state index in [2.05, 4.69) is 4.99 Å². The quantitative estimate of drug-likeness (QED) is 0.632. The molecule has 1 amide bonds. The molecule has 3 rings (SSSR count). The van der Waals surface area contributed by atoms with Crippen LogP contribution in [0.3, 0.4) is 0 Å². The first-order chi connectivity index (χ1) is 12.4. The second-order valence-corrected chi connectivity index (χ2v) is 7.01. The Balaban J connectivity index is 1.72. The molecule has 0 spiro atoms. The summed E-state index contributed by atoms with van der Waals surface area (Å²) in [5.74, 6) is -0.215. The lowest BCUT2D eigenvalue weighted by molar-refractivity contribution is -0.313. The van der Waals surface area contributed by atoms with Crippen LogP contribution >= 0.6 is 0 Å². The van der Waals surface area contributed by atoms with Crippen LogP contribution in [0.25, 0.3) is 0 Å². The Morgan fingerprint density at radius 2 is 1.92 bits per heavy atom. The van der Waals surface area contributed by atoms with Gasteiger partial charge in [-0.25, -0.2) is 0 Å². The number of ether oxygens (including phenoxy) is 3. The van der Waals surface area contributed by atoms with Gasteiger partial charge in [0.2, 0.25) is 0 Å². The SMILES string of the molecule is C/C(=N/C(=O)[C@@H]1OC2COC(c3ccccc3)O[C@@H]2C(C)C1O)N(C)C. The molecule has 142 valence electrons. The van der Waals surface area contributed by atoms with E-state index >= 15 is 0 Å². The van der Waals surface area contributed by atoms with Gasteiger partial charge in [0.25, 0.3) is 5.91 Å². The number of amidine groups is 1. The van der Waals surface area contributed by atoms with Gasteiger partial charge < -0.3 is 24.2 Å². The summed E-state index contributed by atoms with van der Waals surface area (Å²) in [7, 11) is 3.60. The molecule has 1 aromatic carbocycles. The molecule has 4 unspecified atom stereocenters. The Hall–Kier alpha value is -1.80. The van der Waals surface area contributed by atoms with Crippen molar-refractivity contribution in [1.29, 1.82) is 0 Å². The number of nitrogens with zero attached hydrogens (tertiary/aromatic N) is 2. The van der Waals surface area contributed by atoms with Crippen LogP contribution in [-0.4, -0.2) is 66.9 Å². The van der Waals surface area contributed by atoms with Gasteiger partial charge in [-0.1, -0.05) is 37.3 Å².